The van der Waals surface area contributed by atoms with E-state index in [-0.39, 0.29) is 23.6 Å². The van der Waals surface area contributed by atoms with Crippen LogP contribution in [0.25, 0.3) is 0 Å². The molecular formula is C28H35N5O4S. The number of carbonyl (C=O) groups excluding carboxylic acids is 2. The van der Waals surface area contributed by atoms with Gasteiger partial charge in [0.05, 0.1) is 11.4 Å². The molecule has 0 bridgehead atoms. The van der Waals surface area contributed by atoms with Crippen molar-refractivity contribution in [3.05, 3.63) is 42.0 Å². The second-order valence-electron chi connectivity index (χ2n) is 11.3. The second-order valence-corrected chi connectivity index (χ2v) is 13.8. The lowest BCUT2D eigenvalue weighted by molar-refractivity contribution is -0.119. The van der Waals surface area contributed by atoms with Crippen molar-refractivity contribution in [3.8, 4) is 0 Å². The number of carbonyl (C=O) groups is 2. The molecule has 1 atom stereocenters. The van der Waals surface area contributed by atoms with Gasteiger partial charge in [0.2, 0.25) is 5.91 Å². The van der Waals surface area contributed by atoms with Crippen molar-refractivity contribution < 1.29 is 18.0 Å². The van der Waals surface area contributed by atoms with Gasteiger partial charge in [0.25, 0.3) is 5.91 Å². The molecule has 9 nitrogen and oxygen atoms in total. The van der Waals surface area contributed by atoms with E-state index in [1.54, 1.807) is 21.9 Å². The molecule has 0 unspecified atom stereocenters. The van der Waals surface area contributed by atoms with Gasteiger partial charge in [-0.25, -0.2) is 13.4 Å². The van der Waals surface area contributed by atoms with Crippen molar-refractivity contribution in [2.45, 2.75) is 68.7 Å². The van der Waals surface area contributed by atoms with Gasteiger partial charge in [-0.3, -0.25) is 9.59 Å². The van der Waals surface area contributed by atoms with Crippen LogP contribution in [-0.4, -0.2) is 72.8 Å². The molecule has 4 aliphatic rings. The SMILES string of the molecule is C[C@@H]1C(=O)N(C)c2ccc(Nc3ccc(C(=O)N4CC5(CCS5(=O)=O)C4)cc3)nc2N1C1CCCCCC1. The molecular weight excluding hydrogens is 502 g/mol. The molecule has 2 amide bonds. The Kier molecular flexibility index (Phi) is 6.13. The Morgan fingerprint density at radius 2 is 1.71 bits per heavy atom. The Balaban J connectivity index is 1.19. The first kappa shape index (κ1) is 25.2. The topological polar surface area (TPSA) is 103 Å². The average Bonchev–Trinajstić information content (AvgIpc) is 3.16. The van der Waals surface area contributed by atoms with Crippen molar-refractivity contribution in [1.82, 2.24) is 9.88 Å². The van der Waals surface area contributed by atoms with Gasteiger partial charge in [-0.15, -0.1) is 0 Å². The first-order valence-corrected chi connectivity index (χ1v) is 15.3. The van der Waals surface area contributed by atoms with E-state index >= 15 is 0 Å². The summed E-state index contributed by atoms with van der Waals surface area (Å²) in [7, 11) is -1.23. The number of hydrogen-bond donors (Lipinski definition) is 1. The molecule has 6 rings (SSSR count). The third-order valence-electron chi connectivity index (χ3n) is 8.92. The molecule has 1 aromatic heterocycles. The first-order valence-electron chi connectivity index (χ1n) is 13.6. The molecule has 38 heavy (non-hydrogen) atoms. The highest BCUT2D eigenvalue weighted by Crippen LogP contribution is 2.43. The van der Waals surface area contributed by atoms with Gasteiger partial charge < -0.3 is 20.0 Å². The van der Waals surface area contributed by atoms with Crippen molar-refractivity contribution >= 4 is 44.7 Å². The third-order valence-corrected chi connectivity index (χ3v) is 11.4. The number of sulfone groups is 1. The van der Waals surface area contributed by atoms with Crippen LogP contribution in [0.3, 0.4) is 0 Å². The first-order chi connectivity index (χ1) is 18.2. The van der Waals surface area contributed by atoms with Crippen LogP contribution < -0.4 is 15.1 Å². The Bertz CT molecular complexity index is 1360. The number of likely N-dealkylation sites (N-methyl/N-ethyl adjacent to an activating group) is 1. The molecule has 0 radical (unpaired) electrons. The van der Waals surface area contributed by atoms with Crippen LogP contribution in [0.4, 0.5) is 23.0 Å². The minimum absolute atomic E-state index is 0.0903. The number of likely N-dealkylation sites (tertiary alicyclic amines) is 1. The Labute approximate surface area is 224 Å². The van der Waals surface area contributed by atoms with Gasteiger partial charge in [0, 0.05) is 37.4 Å². The molecule has 2 aromatic rings. The van der Waals surface area contributed by atoms with Crippen LogP contribution in [0.2, 0.25) is 0 Å². The Morgan fingerprint density at radius 1 is 1.03 bits per heavy atom. The van der Waals surface area contributed by atoms with Crippen LogP contribution >= 0.6 is 0 Å². The summed E-state index contributed by atoms with van der Waals surface area (Å²) >= 11 is 0. The lowest BCUT2D eigenvalue weighted by atomic mass is 9.93. The molecule has 1 aromatic carbocycles. The molecule has 1 saturated carbocycles. The smallest absolute Gasteiger partial charge is 0.253 e. The zero-order chi connectivity index (χ0) is 26.7. The molecule has 10 heteroatoms. The highest BCUT2D eigenvalue weighted by molar-refractivity contribution is 7.94. The van der Waals surface area contributed by atoms with Crippen LogP contribution in [0.1, 0.15) is 62.2 Å². The summed E-state index contributed by atoms with van der Waals surface area (Å²) in [5.74, 6) is 1.69. The third kappa shape index (κ3) is 4.04. The van der Waals surface area contributed by atoms with E-state index in [0.717, 1.165) is 30.0 Å². The summed E-state index contributed by atoms with van der Waals surface area (Å²) in [6, 6.07) is 11.1. The predicted molar refractivity (Wildman–Crippen MR) is 148 cm³/mol. The largest absolute Gasteiger partial charge is 0.340 e. The maximum atomic E-state index is 13.0. The number of nitrogens with one attached hydrogen (secondary N) is 1. The lowest BCUT2D eigenvalue weighted by Crippen LogP contribution is -2.72. The van der Waals surface area contributed by atoms with Crippen molar-refractivity contribution in [1.29, 1.82) is 0 Å². The van der Waals surface area contributed by atoms with E-state index in [1.807, 2.05) is 38.2 Å². The fraction of sp³-hybridized carbons (Fsp3) is 0.536. The molecule has 3 fully saturated rings. The van der Waals surface area contributed by atoms with Crippen molar-refractivity contribution in [2.24, 2.45) is 0 Å². The summed E-state index contributed by atoms with van der Waals surface area (Å²) in [6.45, 7) is 2.56. The molecule has 1 spiro atoms. The number of anilines is 4. The lowest BCUT2D eigenvalue weighted by Gasteiger charge is -2.54. The van der Waals surface area contributed by atoms with Crippen molar-refractivity contribution in [2.75, 3.05) is 41.0 Å². The van der Waals surface area contributed by atoms with Gasteiger partial charge in [-0.2, -0.15) is 0 Å². The van der Waals surface area contributed by atoms with Gasteiger partial charge in [-0.05, 0) is 62.6 Å². The van der Waals surface area contributed by atoms with Crippen LogP contribution in [0.15, 0.2) is 36.4 Å². The molecule has 4 heterocycles. The Hall–Kier alpha value is -3.14. The molecule has 1 aliphatic carbocycles. The van der Waals surface area contributed by atoms with Gasteiger partial charge in [0.15, 0.2) is 15.7 Å². The summed E-state index contributed by atoms with van der Waals surface area (Å²) in [5.41, 5.74) is 2.16. The summed E-state index contributed by atoms with van der Waals surface area (Å²) < 4.78 is 23.4. The summed E-state index contributed by atoms with van der Waals surface area (Å²) in [4.78, 5) is 36.4. The van der Waals surface area contributed by atoms with Crippen molar-refractivity contribution in [3.63, 3.8) is 0 Å². The number of amides is 2. The number of hydrogen-bond acceptors (Lipinski definition) is 7. The number of benzene rings is 1. The van der Waals surface area contributed by atoms with Crippen LogP contribution in [0.5, 0.6) is 0 Å². The van der Waals surface area contributed by atoms with E-state index in [2.05, 4.69) is 10.2 Å². The van der Waals surface area contributed by atoms with Gasteiger partial charge in [-0.1, -0.05) is 25.7 Å². The van der Waals surface area contributed by atoms with Gasteiger partial charge >= 0.3 is 0 Å². The summed E-state index contributed by atoms with van der Waals surface area (Å²) in [6.07, 6.45) is 7.61. The predicted octanol–water partition coefficient (Wildman–Crippen LogP) is 3.73. The Morgan fingerprint density at radius 3 is 2.32 bits per heavy atom. The zero-order valence-corrected chi connectivity index (χ0v) is 22.8. The number of aromatic nitrogens is 1. The monoisotopic (exact) mass is 537 g/mol. The maximum absolute atomic E-state index is 13.0. The minimum atomic E-state index is -3.04. The number of rotatable bonds is 4. The minimum Gasteiger partial charge on any atom is -0.340 e. The normalized spacial score (nSPS) is 24.3. The second kappa shape index (κ2) is 9.25. The van der Waals surface area contributed by atoms with E-state index in [0.29, 0.717) is 36.9 Å². The molecule has 1 N–H and O–H groups in total. The van der Waals surface area contributed by atoms with E-state index in [9.17, 15) is 18.0 Å². The van der Waals surface area contributed by atoms with E-state index < -0.39 is 14.6 Å². The standard InChI is InChI=1S/C28H35N5O4S/c1-19-26(34)31(2)23-13-14-24(30-25(23)33(19)22-7-5-3-4-6-8-22)29-21-11-9-20(10-12-21)27(35)32-17-28(18-32)15-16-38(28,36)37/h9-14,19,22H,3-8,15-18H2,1-2H3,(H,29,30)/t19-/m1/s1. The van der Waals surface area contributed by atoms with Crippen LogP contribution in [0, 0.1) is 0 Å². The highest BCUT2D eigenvalue weighted by Gasteiger charge is 2.60. The fourth-order valence-corrected chi connectivity index (χ4v) is 8.24. The quantitative estimate of drug-likeness (QED) is 0.593. The highest BCUT2D eigenvalue weighted by atomic mass is 32.2. The van der Waals surface area contributed by atoms with E-state index in [4.69, 9.17) is 4.98 Å². The number of nitrogens with zero attached hydrogens (tertiary/aromatic N) is 4. The zero-order valence-electron chi connectivity index (χ0n) is 22.0. The molecule has 3 aliphatic heterocycles. The fourth-order valence-electron chi connectivity index (χ4n) is 6.42. The molecule has 2 saturated heterocycles. The van der Waals surface area contributed by atoms with E-state index in [1.165, 1.54) is 25.7 Å². The number of pyridine rings is 1. The van der Waals surface area contributed by atoms with Crippen LogP contribution in [-0.2, 0) is 14.6 Å². The average molecular weight is 538 g/mol. The molecule has 202 valence electrons. The van der Waals surface area contributed by atoms with Gasteiger partial charge in [0.1, 0.15) is 16.6 Å². The maximum Gasteiger partial charge on any atom is 0.253 e. The number of fused-ring (bicyclic) bond motifs is 1. The summed E-state index contributed by atoms with van der Waals surface area (Å²) in [5, 5.41) is 3.35.